The summed E-state index contributed by atoms with van der Waals surface area (Å²) in [5.41, 5.74) is 0.904. The second-order valence-electron chi connectivity index (χ2n) is 8.38. The number of aromatic hydroxyl groups is 1. The number of carbonyl (C=O) groups is 3. The van der Waals surface area contributed by atoms with Crippen molar-refractivity contribution in [2.24, 2.45) is 0 Å². The molecular formula is C27H22N2O8S. The van der Waals surface area contributed by atoms with E-state index in [9.17, 15) is 24.6 Å². The highest BCUT2D eigenvalue weighted by Gasteiger charge is 2.47. The number of aromatic nitrogens is 1. The Bertz CT molecular complexity index is 1600. The van der Waals surface area contributed by atoms with Gasteiger partial charge in [0.05, 0.1) is 31.0 Å². The zero-order valence-corrected chi connectivity index (χ0v) is 21.4. The summed E-state index contributed by atoms with van der Waals surface area (Å²) in [4.78, 5) is 45.1. The molecule has 1 unspecified atom stereocenters. The second-order valence-corrected chi connectivity index (χ2v) is 9.36. The summed E-state index contributed by atoms with van der Waals surface area (Å²) in [5, 5.41) is 22.0. The van der Waals surface area contributed by atoms with Gasteiger partial charge in [0.25, 0.3) is 5.91 Å². The number of phenolic OH excluding ortho intramolecular Hbond substituents is 1. The van der Waals surface area contributed by atoms with E-state index in [2.05, 4.69) is 4.98 Å². The first-order valence-corrected chi connectivity index (χ1v) is 12.4. The molecule has 0 aliphatic carbocycles. The highest BCUT2D eigenvalue weighted by molar-refractivity contribution is 7.17. The SMILES string of the molecule is CCOc1cc(C2C(C(=O)c3cc4ccccc4o3)=C(O)C(=O)N2c2nc(C)c(C(=O)OC)s2)ccc1O. The van der Waals surface area contributed by atoms with E-state index in [1.54, 1.807) is 38.1 Å². The maximum Gasteiger partial charge on any atom is 0.350 e. The number of nitrogens with zero attached hydrogens (tertiary/aromatic N) is 2. The van der Waals surface area contributed by atoms with Gasteiger partial charge in [0.2, 0.25) is 5.78 Å². The van der Waals surface area contributed by atoms with Crippen LogP contribution in [0.3, 0.4) is 0 Å². The molecule has 0 saturated carbocycles. The zero-order chi connectivity index (χ0) is 27.1. The van der Waals surface area contributed by atoms with Crippen LogP contribution in [-0.4, -0.2) is 46.6 Å². The molecular weight excluding hydrogens is 512 g/mol. The Hall–Kier alpha value is -4.64. The van der Waals surface area contributed by atoms with Gasteiger partial charge in [-0.15, -0.1) is 0 Å². The Kier molecular flexibility index (Phi) is 6.37. The molecule has 1 amide bonds. The number of ether oxygens (including phenoxy) is 2. The molecule has 0 fully saturated rings. The van der Waals surface area contributed by atoms with E-state index in [0.717, 1.165) is 16.2 Å². The number of benzene rings is 2. The zero-order valence-electron chi connectivity index (χ0n) is 20.5. The summed E-state index contributed by atoms with van der Waals surface area (Å²) in [7, 11) is 1.23. The molecule has 0 bridgehead atoms. The highest BCUT2D eigenvalue weighted by Crippen LogP contribution is 2.45. The number of aliphatic hydroxyl groups excluding tert-OH is 1. The number of hydrogen-bond acceptors (Lipinski definition) is 10. The summed E-state index contributed by atoms with van der Waals surface area (Å²) in [6, 6.07) is 11.8. The Morgan fingerprint density at radius 1 is 1.16 bits per heavy atom. The number of hydrogen-bond donors (Lipinski definition) is 2. The number of methoxy groups -OCH3 is 1. The maximum atomic E-state index is 13.8. The Balaban J connectivity index is 1.68. The molecule has 1 atom stereocenters. The average molecular weight is 535 g/mol. The number of Topliss-reactive ketones (excluding diaryl/α,β-unsaturated/α-hetero) is 1. The number of rotatable bonds is 7. The van der Waals surface area contributed by atoms with Gasteiger partial charge in [-0.2, -0.15) is 0 Å². The highest BCUT2D eigenvalue weighted by atomic mass is 32.1. The third-order valence-electron chi connectivity index (χ3n) is 6.06. The normalized spacial score (nSPS) is 15.4. The molecule has 38 heavy (non-hydrogen) atoms. The molecule has 0 spiro atoms. The Morgan fingerprint density at radius 2 is 1.92 bits per heavy atom. The van der Waals surface area contributed by atoms with Crippen LogP contribution in [-0.2, 0) is 9.53 Å². The third kappa shape index (κ3) is 4.06. The van der Waals surface area contributed by atoms with Crippen molar-refractivity contribution in [3.05, 3.63) is 81.8 Å². The minimum Gasteiger partial charge on any atom is -0.504 e. The molecule has 2 aromatic heterocycles. The standard InChI is InChI=1S/C27H22N2O8S/c1-4-36-18-12-15(9-10-16(18)30)21-20(22(31)19-11-14-7-5-6-8-17(14)37-19)23(32)25(33)29(21)27-28-13(2)24(38-27)26(34)35-3/h5-12,21,30,32H,4H2,1-3H3. The van der Waals surface area contributed by atoms with E-state index < -0.39 is 29.5 Å². The van der Waals surface area contributed by atoms with Gasteiger partial charge in [-0.3, -0.25) is 14.5 Å². The van der Waals surface area contributed by atoms with Crippen molar-refractivity contribution in [2.45, 2.75) is 19.9 Å². The molecule has 4 aromatic rings. The van der Waals surface area contributed by atoms with Gasteiger partial charge in [0.15, 0.2) is 28.1 Å². The Morgan fingerprint density at radius 3 is 2.63 bits per heavy atom. The van der Waals surface area contributed by atoms with Crippen LogP contribution in [0.5, 0.6) is 11.5 Å². The van der Waals surface area contributed by atoms with Crippen molar-refractivity contribution < 1.29 is 38.5 Å². The minimum absolute atomic E-state index is 0.0678. The number of esters is 1. The number of aryl methyl sites for hydroxylation is 1. The molecule has 2 N–H and O–H groups in total. The molecule has 1 aliphatic rings. The molecule has 1 aliphatic heterocycles. The summed E-state index contributed by atoms with van der Waals surface area (Å²) < 4.78 is 16.1. The quantitative estimate of drug-likeness (QED) is 0.251. The molecule has 3 heterocycles. The van der Waals surface area contributed by atoms with Crippen molar-refractivity contribution in [3.63, 3.8) is 0 Å². The lowest BCUT2D eigenvalue weighted by molar-refractivity contribution is -0.117. The van der Waals surface area contributed by atoms with Gasteiger partial charge in [-0.25, -0.2) is 9.78 Å². The lowest BCUT2D eigenvalue weighted by Crippen LogP contribution is -2.31. The number of ketones is 1. The second kappa shape index (κ2) is 9.67. The largest absolute Gasteiger partial charge is 0.504 e. The van der Waals surface area contributed by atoms with Crippen molar-refractivity contribution in [2.75, 3.05) is 18.6 Å². The van der Waals surface area contributed by atoms with Crippen molar-refractivity contribution in [1.29, 1.82) is 0 Å². The fourth-order valence-electron chi connectivity index (χ4n) is 4.32. The number of phenols is 1. The number of thiazole rings is 1. The maximum absolute atomic E-state index is 13.8. The van der Waals surface area contributed by atoms with Crippen LogP contribution in [0.15, 0.2) is 64.3 Å². The van der Waals surface area contributed by atoms with Gasteiger partial charge in [-0.05, 0) is 43.7 Å². The minimum atomic E-state index is -1.17. The van der Waals surface area contributed by atoms with Crippen LogP contribution in [0.25, 0.3) is 11.0 Å². The molecule has 194 valence electrons. The van der Waals surface area contributed by atoms with Gasteiger partial charge in [0.1, 0.15) is 10.5 Å². The third-order valence-corrected chi connectivity index (χ3v) is 7.20. The summed E-state index contributed by atoms with van der Waals surface area (Å²) in [6.07, 6.45) is 0. The number of fused-ring (bicyclic) bond motifs is 1. The fraction of sp³-hybridized carbons (Fsp3) is 0.185. The van der Waals surface area contributed by atoms with E-state index >= 15 is 0 Å². The van der Waals surface area contributed by atoms with E-state index in [1.165, 1.54) is 31.4 Å². The van der Waals surface area contributed by atoms with Crippen LogP contribution in [0.4, 0.5) is 5.13 Å². The predicted octanol–water partition coefficient (Wildman–Crippen LogP) is 4.87. The lowest BCUT2D eigenvalue weighted by atomic mass is 9.95. The smallest absolute Gasteiger partial charge is 0.350 e. The van der Waals surface area contributed by atoms with Crippen LogP contribution in [0, 0.1) is 6.92 Å². The van der Waals surface area contributed by atoms with E-state index in [1.807, 2.05) is 0 Å². The lowest BCUT2D eigenvalue weighted by Gasteiger charge is -2.24. The molecule has 0 radical (unpaired) electrons. The summed E-state index contributed by atoms with van der Waals surface area (Å²) in [5.74, 6) is -3.07. The Labute approximate surface area is 220 Å². The molecule has 0 saturated heterocycles. The topological polar surface area (TPSA) is 139 Å². The van der Waals surface area contributed by atoms with Crippen LogP contribution >= 0.6 is 11.3 Å². The van der Waals surface area contributed by atoms with Crippen molar-refractivity contribution in [3.8, 4) is 11.5 Å². The van der Waals surface area contributed by atoms with Crippen LogP contribution < -0.4 is 9.64 Å². The average Bonchev–Trinajstić information content (AvgIpc) is 3.58. The van der Waals surface area contributed by atoms with Crippen LogP contribution in [0.1, 0.15) is 44.4 Å². The first-order valence-electron chi connectivity index (χ1n) is 11.6. The number of aliphatic hydroxyl groups is 1. The summed E-state index contributed by atoms with van der Waals surface area (Å²) in [6.45, 7) is 3.58. The number of amides is 1. The number of anilines is 1. The van der Waals surface area contributed by atoms with Gasteiger partial charge in [-0.1, -0.05) is 35.6 Å². The summed E-state index contributed by atoms with van der Waals surface area (Å²) >= 11 is 0.891. The van der Waals surface area contributed by atoms with Gasteiger partial charge >= 0.3 is 5.97 Å². The molecule has 5 rings (SSSR count). The first-order chi connectivity index (χ1) is 18.2. The predicted molar refractivity (Wildman–Crippen MR) is 138 cm³/mol. The monoisotopic (exact) mass is 534 g/mol. The van der Waals surface area contributed by atoms with Crippen LogP contribution in [0.2, 0.25) is 0 Å². The fourth-order valence-corrected chi connectivity index (χ4v) is 5.33. The van der Waals surface area contributed by atoms with Crippen molar-refractivity contribution in [1.82, 2.24) is 4.98 Å². The van der Waals surface area contributed by atoms with E-state index in [4.69, 9.17) is 13.9 Å². The number of para-hydroxylation sites is 1. The molecule has 11 heteroatoms. The molecule has 2 aromatic carbocycles. The van der Waals surface area contributed by atoms with Crippen molar-refractivity contribution >= 4 is 45.1 Å². The van der Waals surface area contributed by atoms with E-state index in [0.29, 0.717) is 22.2 Å². The number of furan rings is 1. The van der Waals surface area contributed by atoms with Gasteiger partial charge < -0.3 is 24.1 Å². The van der Waals surface area contributed by atoms with E-state index in [-0.39, 0.29) is 39.4 Å². The first kappa shape index (κ1) is 25.0. The number of carbonyl (C=O) groups excluding carboxylic acids is 3. The van der Waals surface area contributed by atoms with Gasteiger partial charge in [0, 0.05) is 5.39 Å². The molecule has 10 nitrogen and oxygen atoms in total.